The summed E-state index contributed by atoms with van der Waals surface area (Å²) < 4.78 is 3.48. The molecular formula is C25H42N6O3. The molecule has 3 rings (SSSR count). The van der Waals surface area contributed by atoms with Gasteiger partial charge in [-0.05, 0) is 31.2 Å². The Hall–Kier alpha value is -2.42. The van der Waals surface area contributed by atoms with Crippen LogP contribution in [0.5, 0.6) is 0 Å². The second-order valence-electron chi connectivity index (χ2n) is 10.4. The molecule has 2 aromatic heterocycles. The van der Waals surface area contributed by atoms with Gasteiger partial charge in [-0.15, -0.1) is 0 Å². The molecule has 0 unspecified atom stereocenters. The molecule has 1 N–H and O–H groups in total. The van der Waals surface area contributed by atoms with E-state index in [1.54, 1.807) is 4.57 Å². The molecule has 0 aliphatic carbocycles. The molecule has 0 aromatic carbocycles. The minimum Gasteiger partial charge on any atom is -0.340 e. The molecule has 9 heteroatoms. The van der Waals surface area contributed by atoms with Crippen LogP contribution < -0.4 is 11.2 Å². The summed E-state index contributed by atoms with van der Waals surface area (Å²) in [5.74, 6) is 1.81. The van der Waals surface area contributed by atoms with Crippen molar-refractivity contribution in [2.75, 3.05) is 32.7 Å². The van der Waals surface area contributed by atoms with Gasteiger partial charge >= 0.3 is 5.69 Å². The van der Waals surface area contributed by atoms with Crippen molar-refractivity contribution in [3.05, 3.63) is 26.7 Å². The summed E-state index contributed by atoms with van der Waals surface area (Å²) in [5, 5.41) is 0. The van der Waals surface area contributed by atoms with E-state index in [-0.39, 0.29) is 5.91 Å². The number of aryl methyl sites for hydroxylation is 2. The molecule has 1 amide bonds. The standard InChI is InChI=1S/C25H42N6O3/c1-6-7-11-30-23-22(24(33)27-25(30)34)31(17-19(4)5)20(26-23)8-9-21(32)29-15-13-28(14-16-29)12-10-18(2)3/h18-19H,6-17H2,1-5H3,(H,27,33,34). The Morgan fingerprint density at radius 3 is 2.32 bits per heavy atom. The zero-order valence-electron chi connectivity index (χ0n) is 21.6. The summed E-state index contributed by atoms with van der Waals surface area (Å²) in [7, 11) is 0. The summed E-state index contributed by atoms with van der Waals surface area (Å²) in [4.78, 5) is 49.8. The third kappa shape index (κ3) is 6.37. The molecule has 0 saturated carbocycles. The van der Waals surface area contributed by atoms with Crippen LogP contribution in [0.1, 0.15) is 66.1 Å². The average Bonchev–Trinajstić information content (AvgIpc) is 3.14. The number of carbonyl (C=O) groups is 1. The summed E-state index contributed by atoms with van der Waals surface area (Å²) in [6.07, 6.45) is 3.75. The number of H-pyrrole nitrogens is 1. The molecule has 0 atom stereocenters. The highest BCUT2D eigenvalue weighted by Gasteiger charge is 2.23. The number of amides is 1. The van der Waals surface area contributed by atoms with Gasteiger partial charge < -0.3 is 9.47 Å². The highest BCUT2D eigenvalue weighted by molar-refractivity contribution is 5.77. The normalized spacial score (nSPS) is 15.2. The molecule has 0 bridgehead atoms. The highest BCUT2D eigenvalue weighted by atomic mass is 16.2. The van der Waals surface area contributed by atoms with E-state index in [0.717, 1.165) is 45.6 Å². The first kappa shape index (κ1) is 26.2. The van der Waals surface area contributed by atoms with Crippen molar-refractivity contribution in [2.24, 2.45) is 11.8 Å². The van der Waals surface area contributed by atoms with Gasteiger partial charge in [-0.2, -0.15) is 0 Å². The molecule has 1 saturated heterocycles. The molecular weight excluding hydrogens is 432 g/mol. The molecule has 2 aromatic rings. The van der Waals surface area contributed by atoms with Gasteiger partial charge in [0, 0.05) is 52.1 Å². The number of hydrogen-bond donors (Lipinski definition) is 1. The van der Waals surface area contributed by atoms with E-state index in [9.17, 15) is 14.4 Å². The minimum atomic E-state index is -0.418. The first-order chi connectivity index (χ1) is 16.2. The first-order valence-corrected chi connectivity index (χ1v) is 12.9. The van der Waals surface area contributed by atoms with Crippen LogP contribution in [0.25, 0.3) is 11.2 Å². The van der Waals surface area contributed by atoms with Crippen LogP contribution in [0.2, 0.25) is 0 Å². The molecule has 190 valence electrons. The maximum Gasteiger partial charge on any atom is 0.330 e. The number of nitrogens with zero attached hydrogens (tertiary/aromatic N) is 5. The quantitative estimate of drug-likeness (QED) is 0.540. The number of piperazine rings is 1. The van der Waals surface area contributed by atoms with E-state index in [4.69, 9.17) is 4.98 Å². The Bertz CT molecular complexity index is 1070. The number of fused-ring (bicyclic) bond motifs is 1. The van der Waals surface area contributed by atoms with Gasteiger partial charge in [-0.3, -0.25) is 24.0 Å². The number of aromatic amines is 1. The highest BCUT2D eigenvalue weighted by Crippen LogP contribution is 2.17. The summed E-state index contributed by atoms with van der Waals surface area (Å²) in [5.41, 5.74) is 0.0452. The van der Waals surface area contributed by atoms with Gasteiger partial charge in [0.15, 0.2) is 11.2 Å². The van der Waals surface area contributed by atoms with Crippen LogP contribution >= 0.6 is 0 Å². The molecule has 3 heterocycles. The monoisotopic (exact) mass is 474 g/mol. The Kier molecular flexibility index (Phi) is 9.10. The van der Waals surface area contributed by atoms with E-state index >= 15 is 0 Å². The van der Waals surface area contributed by atoms with Crippen LogP contribution in [-0.2, 0) is 24.3 Å². The number of hydrogen-bond acceptors (Lipinski definition) is 5. The Balaban J connectivity index is 1.76. The van der Waals surface area contributed by atoms with Crippen molar-refractivity contribution in [1.82, 2.24) is 28.9 Å². The predicted molar refractivity (Wildman–Crippen MR) is 135 cm³/mol. The van der Waals surface area contributed by atoms with Crippen molar-refractivity contribution in [2.45, 2.75) is 79.8 Å². The Morgan fingerprint density at radius 2 is 1.71 bits per heavy atom. The lowest BCUT2D eigenvalue weighted by Gasteiger charge is -2.35. The number of aromatic nitrogens is 4. The lowest BCUT2D eigenvalue weighted by molar-refractivity contribution is -0.132. The number of imidazole rings is 1. The van der Waals surface area contributed by atoms with Gasteiger partial charge in [0.05, 0.1) is 0 Å². The fourth-order valence-corrected chi connectivity index (χ4v) is 4.53. The first-order valence-electron chi connectivity index (χ1n) is 12.9. The number of carbonyl (C=O) groups excluding carboxylic acids is 1. The van der Waals surface area contributed by atoms with Crippen molar-refractivity contribution >= 4 is 17.1 Å². The molecule has 0 spiro atoms. The van der Waals surface area contributed by atoms with Crippen LogP contribution in [0.3, 0.4) is 0 Å². The maximum atomic E-state index is 13.0. The van der Waals surface area contributed by atoms with Crippen LogP contribution in [-0.4, -0.2) is 67.5 Å². The molecule has 1 aliphatic heterocycles. The van der Waals surface area contributed by atoms with Crippen LogP contribution in [0.15, 0.2) is 9.59 Å². The molecule has 0 radical (unpaired) electrons. The van der Waals surface area contributed by atoms with Crippen molar-refractivity contribution in [1.29, 1.82) is 0 Å². The van der Waals surface area contributed by atoms with E-state index < -0.39 is 11.2 Å². The number of rotatable bonds is 11. The van der Waals surface area contributed by atoms with Gasteiger partial charge in [-0.25, -0.2) is 9.78 Å². The molecule has 9 nitrogen and oxygen atoms in total. The van der Waals surface area contributed by atoms with Crippen LogP contribution in [0.4, 0.5) is 0 Å². The van der Waals surface area contributed by atoms with Gasteiger partial charge in [0.1, 0.15) is 5.82 Å². The lowest BCUT2D eigenvalue weighted by atomic mass is 10.1. The second kappa shape index (κ2) is 11.8. The maximum absolute atomic E-state index is 13.0. The Labute approximate surface area is 202 Å². The fraction of sp³-hybridized carbons (Fsp3) is 0.760. The molecule has 1 fully saturated rings. The predicted octanol–water partition coefficient (Wildman–Crippen LogP) is 2.47. The molecule has 1 aliphatic rings. The SMILES string of the molecule is CCCCn1c(=O)[nH]c(=O)c2c1nc(CCC(=O)N1CCN(CCC(C)C)CC1)n2CC(C)C. The lowest BCUT2D eigenvalue weighted by Crippen LogP contribution is -2.49. The second-order valence-corrected chi connectivity index (χ2v) is 10.4. The van der Waals surface area contributed by atoms with Crippen molar-refractivity contribution < 1.29 is 4.79 Å². The zero-order chi connectivity index (χ0) is 24.8. The number of nitrogens with one attached hydrogen (secondary N) is 1. The average molecular weight is 475 g/mol. The minimum absolute atomic E-state index is 0.129. The summed E-state index contributed by atoms with van der Waals surface area (Å²) >= 11 is 0. The molecule has 34 heavy (non-hydrogen) atoms. The van der Waals surface area contributed by atoms with Gasteiger partial charge in [-0.1, -0.05) is 41.0 Å². The largest absolute Gasteiger partial charge is 0.340 e. The van der Waals surface area contributed by atoms with E-state index in [1.165, 1.54) is 6.42 Å². The Morgan fingerprint density at radius 1 is 1.00 bits per heavy atom. The number of unbranched alkanes of at least 4 members (excludes halogenated alkanes) is 1. The van der Waals surface area contributed by atoms with Crippen molar-refractivity contribution in [3.63, 3.8) is 0 Å². The van der Waals surface area contributed by atoms with Gasteiger partial charge in [0.2, 0.25) is 5.91 Å². The van der Waals surface area contributed by atoms with E-state index in [2.05, 4.69) is 44.5 Å². The van der Waals surface area contributed by atoms with E-state index in [1.807, 2.05) is 9.47 Å². The third-order valence-corrected chi connectivity index (χ3v) is 6.56. The topological polar surface area (TPSA) is 96.2 Å². The van der Waals surface area contributed by atoms with E-state index in [0.29, 0.717) is 54.8 Å². The van der Waals surface area contributed by atoms with Gasteiger partial charge in [0.25, 0.3) is 5.56 Å². The fourth-order valence-electron chi connectivity index (χ4n) is 4.53. The van der Waals surface area contributed by atoms with Crippen LogP contribution in [0, 0.1) is 11.8 Å². The summed E-state index contributed by atoms with van der Waals surface area (Å²) in [6, 6.07) is 0. The van der Waals surface area contributed by atoms with Crippen molar-refractivity contribution in [3.8, 4) is 0 Å². The zero-order valence-corrected chi connectivity index (χ0v) is 21.6. The summed E-state index contributed by atoms with van der Waals surface area (Å²) in [6.45, 7) is 16.3. The smallest absolute Gasteiger partial charge is 0.330 e. The third-order valence-electron chi connectivity index (χ3n) is 6.56.